The first-order valence-corrected chi connectivity index (χ1v) is 7.09. The van der Waals surface area contributed by atoms with Gasteiger partial charge in [0.1, 0.15) is 0 Å². The van der Waals surface area contributed by atoms with Crippen molar-refractivity contribution in [2.45, 2.75) is 58.8 Å². The van der Waals surface area contributed by atoms with Crippen molar-refractivity contribution in [1.82, 2.24) is 0 Å². The molecule has 4 nitrogen and oxygen atoms in total. The molecule has 1 heterocycles. The molecule has 4 heteroatoms. The maximum Gasteiger partial charge on any atom is 0.339 e. The molecule has 19 heavy (non-hydrogen) atoms. The molecule has 3 rings (SSSR count). The fourth-order valence-electron chi connectivity index (χ4n) is 4.74. The van der Waals surface area contributed by atoms with Crippen LogP contribution in [0.4, 0.5) is 0 Å². The Hall–Kier alpha value is -0.870. The van der Waals surface area contributed by atoms with Crippen LogP contribution in [-0.4, -0.2) is 28.6 Å². The lowest BCUT2D eigenvalue weighted by Crippen LogP contribution is -2.49. The number of carbonyl (C=O) groups excluding carboxylic acids is 1. The Morgan fingerprint density at radius 1 is 1.21 bits per heavy atom. The zero-order valence-corrected chi connectivity index (χ0v) is 11.8. The summed E-state index contributed by atoms with van der Waals surface area (Å²) in [5, 5.41) is 20.4. The van der Waals surface area contributed by atoms with Crippen LogP contribution in [0.5, 0.6) is 0 Å². The predicted octanol–water partition coefficient (Wildman–Crippen LogP) is 1.76. The minimum atomic E-state index is -1.17. The molecular formula is C15H22O4. The van der Waals surface area contributed by atoms with Gasteiger partial charge in [0.05, 0.1) is 11.7 Å². The second-order valence-corrected chi connectivity index (χ2v) is 7.15. The Labute approximate surface area is 113 Å². The number of hydrogen-bond acceptors (Lipinski definition) is 4. The van der Waals surface area contributed by atoms with Crippen LogP contribution in [0.15, 0.2) is 11.1 Å². The molecule has 4 atom stereocenters. The van der Waals surface area contributed by atoms with Gasteiger partial charge in [-0.25, -0.2) is 4.79 Å². The van der Waals surface area contributed by atoms with Gasteiger partial charge in [-0.05, 0) is 36.0 Å². The number of esters is 1. The third-order valence-corrected chi connectivity index (χ3v) is 5.61. The second kappa shape index (κ2) is 3.83. The van der Waals surface area contributed by atoms with E-state index in [-0.39, 0.29) is 16.7 Å². The Bertz CT molecular complexity index is 465. The van der Waals surface area contributed by atoms with Gasteiger partial charge in [0.25, 0.3) is 0 Å². The topological polar surface area (TPSA) is 66.8 Å². The first kappa shape index (κ1) is 13.1. The monoisotopic (exact) mass is 266 g/mol. The van der Waals surface area contributed by atoms with Gasteiger partial charge < -0.3 is 14.9 Å². The summed E-state index contributed by atoms with van der Waals surface area (Å²) in [6, 6.07) is 0. The van der Waals surface area contributed by atoms with E-state index < -0.39 is 18.4 Å². The van der Waals surface area contributed by atoms with E-state index in [9.17, 15) is 15.0 Å². The molecule has 0 spiro atoms. The molecule has 1 saturated carbocycles. The fourth-order valence-corrected chi connectivity index (χ4v) is 4.74. The number of cyclic esters (lactones) is 1. The van der Waals surface area contributed by atoms with Crippen molar-refractivity contribution in [2.75, 3.05) is 0 Å². The average Bonchev–Trinajstić information content (AvgIpc) is 2.59. The Balaban J connectivity index is 2.15. The molecule has 0 aromatic heterocycles. The summed E-state index contributed by atoms with van der Waals surface area (Å²) in [6.07, 6.45) is 1.76. The summed E-state index contributed by atoms with van der Waals surface area (Å²) in [5.74, 6) is -0.273. The van der Waals surface area contributed by atoms with E-state index in [1.807, 2.05) is 0 Å². The number of hydrogen-bond donors (Lipinski definition) is 2. The highest BCUT2D eigenvalue weighted by Gasteiger charge is 2.58. The largest absolute Gasteiger partial charge is 0.428 e. The van der Waals surface area contributed by atoms with Gasteiger partial charge in [0.15, 0.2) is 0 Å². The summed E-state index contributed by atoms with van der Waals surface area (Å²) in [4.78, 5) is 11.8. The summed E-state index contributed by atoms with van der Waals surface area (Å²) in [5.41, 5.74) is 0.845. The third-order valence-electron chi connectivity index (χ3n) is 5.61. The molecule has 2 N–H and O–H groups in total. The third kappa shape index (κ3) is 1.62. The quantitative estimate of drug-likeness (QED) is 0.656. The average molecular weight is 266 g/mol. The molecule has 0 amide bonds. The first-order valence-electron chi connectivity index (χ1n) is 7.09. The summed E-state index contributed by atoms with van der Waals surface area (Å²) < 4.78 is 4.94. The number of rotatable bonds is 0. The summed E-state index contributed by atoms with van der Waals surface area (Å²) in [7, 11) is 0. The number of ether oxygens (including phenoxy) is 1. The molecule has 0 bridgehead atoms. The van der Waals surface area contributed by atoms with Crippen molar-refractivity contribution in [2.24, 2.45) is 16.7 Å². The van der Waals surface area contributed by atoms with E-state index in [0.717, 1.165) is 19.3 Å². The van der Waals surface area contributed by atoms with E-state index >= 15 is 0 Å². The van der Waals surface area contributed by atoms with Gasteiger partial charge in [-0.15, -0.1) is 0 Å². The number of aliphatic hydroxyl groups is 2. The van der Waals surface area contributed by atoms with E-state index in [1.54, 1.807) is 0 Å². The van der Waals surface area contributed by atoms with Crippen LogP contribution in [0.3, 0.4) is 0 Å². The van der Waals surface area contributed by atoms with Gasteiger partial charge >= 0.3 is 5.97 Å². The minimum Gasteiger partial charge on any atom is -0.428 e. The Morgan fingerprint density at radius 3 is 2.58 bits per heavy atom. The summed E-state index contributed by atoms with van der Waals surface area (Å²) >= 11 is 0. The molecule has 0 aromatic rings. The van der Waals surface area contributed by atoms with Crippen molar-refractivity contribution in [3.8, 4) is 0 Å². The van der Waals surface area contributed by atoms with Crippen molar-refractivity contribution in [3.63, 3.8) is 0 Å². The predicted molar refractivity (Wildman–Crippen MR) is 69.0 cm³/mol. The first-order chi connectivity index (χ1) is 8.77. The van der Waals surface area contributed by atoms with Crippen LogP contribution in [0.1, 0.15) is 46.5 Å². The van der Waals surface area contributed by atoms with Gasteiger partial charge in [-0.1, -0.05) is 27.2 Å². The Kier molecular flexibility index (Phi) is 2.64. The molecule has 3 aliphatic rings. The number of fused-ring (bicyclic) bond motifs is 2. The van der Waals surface area contributed by atoms with E-state index in [1.165, 1.54) is 0 Å². The van der Waals surface area contributed by atoms with E-state index in [0.29, 0.717) is 17.6 Å². The van der Waals surface area contributed by atoms with Gasteiger partial charge in [-0.3, -0.25) is 0 Å². The van der Waals surface area contributed by atoms with Crippen molar-refractivity contribution in [1.29, 1.82) is 0 Å². The van der Waals surface area contributed by atoms with E-state index in [4.69, 9.17) is 4.74 Å². The lowest BCUT2D eigenvalue weighted by atomic mass is 9.50. The standard InChI is InChI=1S/C15H22O4/c1-14(2)5-4-6-15(3)9(14)7-8(16)10-11(15)13(18)19-12(10)17/h8-9,13,16,18H,4-7H2,1-3H3/t8-,9-,13+,15-/m1/s1. The molecule has 0 radical (unpaired) electrons. The summed E-state index contributed by atoms with van der Waals surface area (Å²) in [6.45, 7) is 6.56. The van der Waals surface area contributed by atoms with Crippen molar-refractivity contribution in [3.05, 3.63) is 11.1 Å². The molecule has 0 unspecified atom stereocenters. The van der Waals surface area contributed by atoms with E-state index in [2.05, 4.69) is 20.8 Å². The Morgan fingerprint density at radius 2 is 1.89 bits per heavy atom. The number of carbonyl (C=O) groups is 1. The van der Waals surface area contributed by atoms with Gasteiger partial charge in [0.2, 0.25) is 6.29 Å². The highest BCUT2D eigenvalue weighted by molar-refractivity contribution is 5.93. The van der Waals surface area contributed by atoms with Crippen LogP contribution in [0.25, 0.3) is 0 Å². The fraction of sp³-hybridized carbons (Fsp3) is 0.800. The van der Waals surface area contributed by atoms with Crippen LogP contribution in [-0.2, 0) is 9.53 Å². The van der Waals surface area contributed by atoms with Gasteiger partial charge in [0, 0.05) is 5.57 Å². The molecule has 1 fully saturated rings. The molecule has 0 aromatic carbocycles. The SMILES string of the molecule is CC1(C)CCC[C@@]2(C)C3=C(C(=O)O[C@@H]3O)[C@H](O)C[C@H]12. The maximum absolute atomic E-state index is 11.8. The van der Waals surface area contributed by atoms with Crippen LogP contribution in [0, 0.1) is 16.7 Å². The lowest BCUT2D eigenvalue weighted by molar-refractivity contribution is -0.153. The number of aliphatic hydroxyl groups excluding tert-OH is 2. The van der Waals surface area contributed by atoms with Crippen LogP contribution in [0.2, 0.25) is 0 Å². The molecular weight excluding hydrogens is 244 g/mol. The lowest BCUT2D eigenvalue weighted by Gasteiger charge is -2.54. The van der Waals surface area contributed by atoms with Crippen molar-refractivity contribution >= 4 is 5.97 Å². The molecule has 0 saturated heterocycles. The van der Waals surface area contributed by atoms with Crippen LogP contribution < -0.4 is 0 Å². The maximum atomic E-state index is 11.8. The van der Waals surface area contributed by atoms with Crippen LogP contribution >= 0.6 is 0 Å². The highest BCUT2D eigenvalue weighted by Crippen LogP contribution is 2.61. The molecule has 106 valence electrons. The smallest absolute Gasteiger partial charge is 0.339 e. The van der Waals surface area contributed by atoms with Gasteiger partial charge in [-0.2, -0.15) is 0 Å². The normalized spacial score (nSPS) is 44.7. The zero-order chi connectivity index (χ0) is 14.0. The highest BCUT2D eigenvalue weighted by atomic mass is 16.6. The van der Waals surface area contributed by atoms with Crippen molar-refractivity contribution < 1.29 is 19.7 Å². The second-order valence-electron chi connectivity index (χ2n) is 7.15. The zero-order valence-electron chi connectivity index (χ0n) is 11.8. The molecule has 2 aliphatic carbocycles. The minimum absolute atomic E-state index is 0.109. The molecule has 1 aliphatic heterocycles.